The smallest absolute Gasteiger partial charge is 0.0114 e. The van der Waals surface area contributed by atoms with Gasteiger partial charge in [0.1, 0.15) is 0 Å². The number of hydrogen-bond donors (Lipinski definition) is 1. The first kappa shape index (κ1) is 14.3. The van der Waals surface area contributed by atoms with E-state index in [4.69, 9.17) is 5.73 Å². The molecule has 2 aliphatic heterocycles. The topological polar surface area (TPSA) is 29.3 Å². The Balaban J connectivity index is 1.85. The van der Waals surface area contributed by atoms with Crippen LogP contribution in [0.4, 0.5) is 0 Å². The highest BCUT2D eigenvalue weighted by Crippen LogP contribution is 2.38. The first-order valence-electron chi connectivity index (χ1n) is 8.03. The molecule has 2 fully saturated rings. The van der Waals surface area contributed by atoms with Crippen molar-refractivity contribution in [1.29, 1.82) is 0 Å². The predicted molar refractivity (Wildman–Crippen MR) is 78.6 cm³/mol. The lowest BCUT2D eigenvalue weighted by atomic mass is 9.84. The highest BCUT2D eigenvalue weighted by atomic mass is 15.2. The van der Waals surface area contributed by atoms with E-state index in [0.717, 1.165) is 12.1 Å². The molecule has 0 spiro atoms. The fourth-order valence-electron chi connectivity index (χ4n) is 4.00. The molecular weight excluding hydrogens is 220 g/mol. The lowest BCUT2D eigenvalue weighted by Gasteiger charge is -2.42. The normalized spacial score (nSPS) is 33.0. The van der Waals surface area contributed by atoms with Crippen LogP contribution in [0.1, 0.15) is 72.1 Å². The molecule has 2 aliphatic rings. The number of unbranched alkanes of at least 4 members (excludes halogenated alkanes) is 2. The molecule has 2 unspecified atom stereocenters. The third-order valence-electron chi connectivity index (χ3n) is 4.99. The molecule has 2 rings (SSSR count). The number of nitrogens with zero attached hydrogens (tertiary/aromatic N) is 1. The highest BCUT2D eigenvalue weighted by molar-refractivity contribution is 4.97. The van der Waals surface area contributed by atoms with Gasteiger partial charge in [-0.15, -0.1) is 0 Å². The molecule has 18 heavy (non-hydrogen) atoms. The second kappa shape index (κ2) is 5.92. The van der Waals surface area contributed by atoms with E-state index in [1.54, 1.807) is 0 Å². The molecule has 2 heteroatoms. The molecule has 2 saturated heterocycles. The largest absolute Gasteiger partial charge is 0.328 e. The van der Waals surface area contributed by atoms with Crippen molar-refractivity contribution in [3.63, 3.8) is 0 Å². The van der Waals surface area contributed by atoms with E-state index in [9.17, 15) is 0 Å². The van der Waals surface area contributed by atoms with Crippen LogP contribution in [-0.4, -0.2) is 29.6 Å². The van der Waals surface area contributed by atoms with Gasteiger partial charge in [-0.3, -0.25) is 4.90 Å². The van der Waals surface area contributed by atoms with E-state index in [2.05, 4.69) is 25.7 Å². The molecule has 2 atom stereocenters. The van der Waals surface area contributed by atoms with Gasteiger partial charge < -0.3 is 5.73 Å². The minimum absolute atomic E-state index is 0.474. The number of nitrogens with two attached hydrogens (primary N) is 1. The first-order chi connectivity index (χ1) is 8.52. The number of piperidine rings is 1. The Morgan fingerprint density at radius 3 is 2.28 bits per heavy atom. The van der Waals surface area contributed by atoms with Crippen LogP contribution < -0.4 is 5.73 Å². The van der Waals surface area contributed by atoms with E-state index >= 15 is 0 Å². The molecule has 2 nitrogen and oxygen atoms in total. The summed E-state index contributed by atoms with van der Waals surface area (Å²) in [6, 6.07) is 2.07. The van der Waals surface area contributed by atoms with Gasteiger partial charge in [0.15, 0.2) is 0 Å². The van der Waals surface area contributed by atoms with Gasteiger partial charge in [-0.25, -0.2) is 0 Å². The quantitative estimate of drug-likeness (QED) is 0.733. The summed E-state index contributed by atoms with van der Waals surface area (Å²) >= 11 is 0. The van der Waals surface area contributed by atoms with Gasteiger partial charge in [0.2, 0.25) is 0 Å². The van der Waals surface area contributed by atoms with Crippen molar-refractivity contribution in [3.8, 4) is 0 Å². The maximum absolute atomic E-state index is 6.15. The minimum Gasteiger partial charge on any atom is -0.328 e. The van der Waals surface area contributed by atoms with Crippen molar-refractivity contribution in [3.05, 3.63) is 0 Å². The third kappa shape index (κ3) is 3.48. The summed E-state index contributed by atoms with van der Waals surface area (Å²) < 4.78 is 0. The van der Waals surface area contributed by atoms with Gasteiger partial charge in [0, 0.05) is 24.7 Å². The molecule has 0 saturated carbocycles. The molecule has 0 radical (unpaired) electrons. The Bertz CT molecular complexity index is 248. The summed E-state index contributed by atoms with van der Waals surface area (Å²) in [5.74, 6) is 0. The summed E-state index contributed by atoms with van der Waals surface area (Å²) in [7, 11) is 0. The van der Waals surface area contributed by atoms with Crippen LogP contribution in [0.2, 0.25) is 0 Å². The van der Waals surface area contributed by atoms with Crippen molar-refractivity contribution in [2.75, 3.05) is 6.54 Å². The summed E-state index contributed by atoms with van der Waals surface area (Å²) in [4.78, 5) is 2.80. The molecule has 2 bridgehead atoms. The first-order valence-corrected chi connectivity index (χ1v) is 8.03. The molecule has 0 aromatic carbocycles. The maximum Gasteiger partial charge on any atom is 0.0114 e. The van der Waals surface area contributed by atoms with Crippen LogP contribution in [-0.2, 0) is 0 Å². The van der Waals surface area contributed by atoms with E-state index in [1.807, 2.05) is 0 Å². The lowest BCUT2D eigenvalue weighted by Crippen LogP contribution is -2.50. The van der Waals surface area contributed by atoms with E-state index in [-0.39, 0.29) is 0 Å². The maximum atomic E-state index is 6.15. The Labute approximate surface area is 113 Å². The van der Waals surface area contributed by atoms with Gasteiger partial charge in [-0.05, 0) is 37.5 Å². The molecular formula is C16H32N2. The van der Waals surface area contributed by atoms with Crippen molar-refractivity contribution in [1.82, 2.24) is 4.90 Å². The van der Waals surface area contributed by atoms with Gasteiger partial charge in [-0.2, -0.15) is 0 Å². The zero-order valence-corrected chi connectivity index (χ0v) is 12.6. The molecule has 0 aromatic heterocycles. The van der Waals surface area contributed by atoms with Crippen LogP contribution >= 0.6 is 0 Å². The van der Waals surface area contributed by atoms with Crippen LogP contribution in [0.15, 0.2) is 0 Å². The van der Waals surface area contributed by atoms with E-state index in [0.29, 0.717) is 11.5 Å². The van der Waals surface area contributed by atoms with Gasteiger partial charge in [0.05, 0.1) is 0 Å². The SMILES string of the molecule is CCCCCC(C)(C)CN1C2CCC1CC(N)C2. The fourth-order valence-corrected chi connectivity index (χ4v) is 4.00. The molecule has 0 aliphatic carbocycles. The van der Waals surface area contributed by atoms with Crippen molar-refractivity contribution in [2.24, 2.45) is 11.1 Å². The third-order valence-corrected chi connectivity index (χ3v) is 4.99. The summed E-state index contributed by atoms with van der Waals surface area (Å²) in [6.45, 7) is 8.49. The fraction of sp³-hybridized carbons (Fsp3) is 1.00. The molecule has 2 heterocycles. The van der Waals surface area contributed by atoms with Crippen LogP contribution in [0, 0.1) is 5.41 Å². The second-order valence-electron chi connectivity index (χ2n) is 7.41. The average Bonchev–Trinajstić information content (AvgIpc) is 2.53. The zero-order valence-electron chi connectivity index (χ0n) is 12.6. The van der Waals surface area contributed by atoms with E-state index < -0.39 is 0 Å². The molecule has 0 aromatic rings. The Kier molecular flexibility index (Phi) is 4.71. The molecule has 106 valence electrons. The Morgan fingerprint density at radius 1 is 1.11 bits per heavy atom. The highest BCUT2D eigenvalue weighted by Gasteiger charge is 2.41. The second-order valence-corrected chi connectivity index (χ2v) is 7.41. The molecule has 0 amide bonds. The Morgan fingerprint density at radius 2 is 1.72 bits per heavy atom. The molecule has 2 N–H and O–H groups in total. The minimum atomic E-state index is 0.474. The average molecular weight is 252 g/mol. The lowest BCUT2D eigenvalue weighted by molar-refractivity contribution is 0.0759. The van der Waals surface area contributed by atoms with Crippen LogP contribution in [0.25, 0.3) is 0 Å². The zero-order chi connectivity index (χ0) is 13.2. The van der Waals surface area contributed by atoms with Crippen LogP contribution in [0.5, 0.6) is 0 Å². The van der Waals surface area contributed by atoms with Gasteiger partial charge in [0.25, 0.3) is 0 Å². The summed E-state index contributed by atoms with van der Waals surface area (Å²) in [5, 5.41) is 0. The van der Waals surface area contributed by atoms with Gasteiger partial charge >= 0.3 is 0 Å². The van der Waals surface area contributed by atoms with Crippen LogP contribution in [0.3, 0.4) is 0 Å². The van der Waals surface area contributed by atoms with Crippen molar-refractivity contribution >= 4 is 0 Å². The standard InChI is InChI=1S/C16H32N2/c1-4-5-6-9-16(2,3)12-18-14-7-8-15(18)11-13(17)10-14/h13-15H,4-12,17H2,1-3H3. The van der Waals surface area contributed by atoms with Gasteiger partial charge in [-0.1, -0.05) is 40.0 Å². The Hall–Kier alpha value is -0.0800. The monoisotopic (exact) mass is 252 g/mol. The number of hydrogen-bond acceptors (Lipinski definition) is 2. The van der Waals surface area contributed by atoms with Crippen molar-refractivity contribution < 1.29 is 0 Å². The summed E-state index contributed by atoms with van der Waals surface area (Å²) in [5.41, 5.74) is 6.64. The van der Waals surface area contributed by atoms with E-state index in [1.165, 1.54) is 57.9 Å². The number of rotatable bonds is 6. The predicted octanol–water partition coefficient (Wildman–Crippen LogP) is 3.55. The van der Waals surface area contributed by atoms with Crippen molar-refractivity contribution in [2.45, 2.75) is 90.3 Å². The number of fused-ring (bicyclic) bond motifs is 2. The summed E-state index contributed by atoms with van der Waals surface area (Å²) in [6.07, 6.45) is 10.8.